The minimum absolute atomic E-state index is 0.129. The van der Waals surface area contributed by atoms with Crippen molar-refractivity contribution in [2.45, 2.75) is 26.7 Å². The van der Waals surface area contributed by atoms with Crippen LogP contribution in [0.15, 0.2) is 30.8 Å². The number of carbonyl (C=O) groups excluding carboxylic acids is 1. The summed E-state index contributed by atoms with van der Waals surface area (Å²) in [6.45, 7) is 9.55. The van der Waals surface area contributed by atoms with Gasteiger partial charge in [-0.15, -0.1) is 0 Å². The number of amides is 1. The van der Waals surface area contributed by atoms with Crippen LogP contribution in [0.1, 0.15) is 42.6 Å². The summed E-state index contributed by atoms with van der Waals surface area (Å²) >= 11 is 0. The molecule has 0 aliphatic rings. The van der Waals surface area contributed by atoms with Crippen molar-refractivity contribution in [1.82, 2.24) is 4.90 Å². The third-order valence-corrected chi connectivity index (χ3v) is 2.67. The van der Waals surface area contributed by atoms with Gasteiger partial charge in [-0.3, -0.25) is 4.79 Å². The molecule has 0 spiro atoms. The molecule has 0 radical (unpaired) electrons. The fourth-order valence-corrected chi connectivity index (χ4v) is 1.80. The van der Waals surface area contributed by atoms with E-state index < -0.39 is 0 Å². The number of hydrogen-bond acceptors (Lipinski definition) is 1. The summed E-state index contributed by atoms with van der Waals surface area (Å²) in [4.78, 5) is 14.1. The van der Waals surface area contributed by atoms with E-state index in [1.54, 1.807) is 6.08 Å². The summed E-state index contributed by atoms with van der Waals surface area (Å²) in [6.07, 6.45) is 3.77. The molecule has 0 saturated heterocycles. The van der Waals surface area contributed by atoms with Gasteiger partial charge in [0.1, 0.15) is 0 Å². The average Bonchev–Trinajstić information content (AvgIpc) is 2.38. The van der Waals surface area contributed by atoms with E-state index in [1.807, 2.05) is 29.2 Å². The van der Waals surface area contributed by atoms with Gasteiger partial charge in [0, 0.05) is 18.7 Å². The van der Waals surface area contributed by atoms with Crippen molar-refractivity contribution in [3.63, 3.8) is 0 Å². The predicted molar refractivity (Wildman–Crippen MR) is 73.0 cm³/mol. The zero-order chi connectivity index (χ0) is 12.7. The zero-order valence-electron chi connectivity index (χ0n) is 10.8. The van der Waals surface area contributed by atoms with Crippen LogP contribution in [0.5, 0.6) is 0 Å². The quantitative estimate of drug-likeness (QED) is 0.732. The summed E-state index contributed by atoms with van der Waals surface area (Å²) in [5.41, 5.74) is 1.80. The molecule has 0 saturated carbocycles. The fourth-order valence-electron chi connectivity index (χ4n) is 1.80. The third-order valence-electron chi connectivity index (χ3n) is 2.67. The molecule has 1 aromatic rings. The third kappa shape index (κ3) is 3.74. The first-order valence-electron chi connectivity index (χ1n) is 6.24. The second kappa shape index (κ2) is 6.89. The lowest BCUT2D eigenvalue weighted by molar-refractivity contribution is 0.0755. The van der Waals surface area contributed by atoms with Crippen LogP contribution in [0.2, 0.25) is 0 Å². The molecule has 1 amide bonds. The molecule has 17 heavy (non-hydrogen) atoms. The Bertz CT molecular complexity index is 361. The molecule has 0 atom stereocenters. The van der Waals surface area contributed by atoms with Crippen LogP contribution < -0.4 is 0 Å². The lowest BCUT2D eigenvalue weighted by Crippen LogP contribution is -2.32. The van der Waals surface area contributed by atoms with Crippen LogP contribution in [0.25, 0.3) is 6.08 Å². The molecule has 0 fully saturated rings. The van der Waals surface area contributed by atoms with Gasteiger partial charge in [-0.25, -0.2) is 0 Å². The van der Waals surface area contributed by atoms with Crippen molar-refractivity contribution in [2.75, 3.05) is 13.1 Å². The van der Waals surface area contributed by atoms with Crippen molar-refractivity contribution in [2.24, 2.45) is 0 Å². The van der Waals surface area contributed by atoms with Crippen LogP contribution in [-0.2, 0) is 0 Å². The SMILES string of the molecule is C=Cc1ccc(C(=O)N(CCC)CCC)cc1. The molecule has 0 N–H and O–H groups in total. The summed E-state index contributed by atoms with van der Waals surface area (Å²) in [7, 11) is 0. The standard InChI is InChI=1S/C15H21NO/c1-4-11-16(12-5-2)15(17)14-9-7-13(6-3)8-10-14/h6-10H,3-5,11-12H2,1-2H3. The predicted octanol–water partition coefficient (Wildman–Crippen LogP) is 3.59. The Labute approximate surface area is 104 Å². The van der Waals surface area contributed by atoms with E-state index in [1.165, 1.54) is 0 Å². The summed E-state index contributed by atoms with van der Waals surface area (Å²) in [5.74, 6) is 0.129. The van der Waals surface area contributed by atoms with Crippen LogP contribution in [-0.4, -0.2) is 23.9 Å². The van der Waals surface area contributed by atoms with E-state index in [0.717, 1.165) is 37.1 Å². The first-order valence-corrected chi connectivity index (χ1v) is 6.24. The minimum atomic E-state index is 0.129. The van der Waals surface area contributed by atoms with Gasteiger partial charge in [0.25, 0.3) is 5.91 Å². The van der Waals surface area contributed by atoms with Gasteiger partial charge >= 0.3 is 0 Å². The molecular weight excluding hydrogens is 210 g/mol. The Hall–Kier alpha value is -1.57. The van der Waals surface area contributed by atoms with E-state index in [0.29, 0.717) is 0 Å². The number of benzene rings is 1. The van der Waals surface area contributed by atoms with Crippen LogP contribution in [0.4, 0.5) is 0 Å². The van der Waals surface area contributed by atoms with Crippen molar-refractivity contribution in [3.05, 3.63) is 42.0 Å². The molecule has 1 rings (SSSR count). The van der Waals surface area contributed by atoms with Crippen molar-refractivity contribution >= 4 is 12.0 Å². The Morgan fingerprint density at radius 2 is 1.71 bits per heavy atom. The lowest BCUT2D eigenvalue weighted by atomic mass is 10.1. The van der Waals surface area contributed by atoms with Gasteiger partial charge in [0.15, 0.2) is 0 Å². The summed E-state index contributed by atoms with van der Waals surface area (Å²) in [5, 5.41) is 0. The molecule has 0 aliphatic heterocycles. The molecule has 2 heteroatoms. The van der Waals surface area contributed by atoms with Gasteiger partial charge in [-0.2, -0.15) is 0 Å². The maximum Gasteiger partial charge on any atom is 0.253 e. The van der Waals surface area contributed by atoms with E-state index >= 15 is 0 Å². The largest absolute Gasteiger partial charge is 0.339 e. The normalized spacial score (nSPS) is 10.0. The fraction of sp³-hybridized carbons (Fsp3) is 0.400. The lowest BCUT2D eigenvalue weighted by Gasteiger charge is -2.21. The molecule has 0 aromatic heterocycles. The van der Waals surface area contributed by atoms with E-state index in [4.69, 9.17) is 0 Å². The average molecular weight is 231 g/mol. The smallest absolute Gasteiger partial charge is 0.253 e. The monoisotopic (exact) mass is 231 g/mol. The second-order valence-corrected chi connectivity index (χ2v) is 4.12. The summed E-state index contributed by atoms with van der Waals surface area (Å²) in [6, 6.07) is 7.60. The Morgan fingerprint density at radius 3 is 2.12 bits per heavy atom. The molecular formula is C15H21NO. The zero-order valence-corrected chi connectivity index (χ0v) is 10.8. The highest BCUT2D eigenvalue weighted by molar-refractivity contribution is 5.94. The Morgan fingerprint density at radius 1 is 1.18 bits per heavy atom. The molecule has 0 unspecified atom stereocenters. The minimum Gasteiger partial charge on any atom is -0.339 e. The molecule has 2 nitrogen and oxygen atoms in total. The molecule has 0 aliphatic carbocycles. The van der Waals surface area contributed by atoms with E-state index in [-0.39, 0.29) is 5.91 Å². The number of hydrogen-bond donors (Lipinski definition) is 0. The summed E-state index contributed by atoms with van der Waals surface area (Å²) < 4.78 is 0. The molecule has 0 bridgehead atoms. The number of rotatable bonds is 6. The van der Waals surface area contributed by atoms with Gasteiger partial charge in [0.05, 0.1) is 0 Å². The van der Waals surface area contributed by atoms with Gasteiger partial charge in [0.2, 0.25) is 0 Å². The van der Waals surface area contributed by atoms with Gasteiger partial charge in [-0.1, -0.05) is 38.6 Å². The number of nitrogens with zero attached hydrogens (tertiary/aromatic N) is 1. The molecule has 92 valence electrons. The van der Waals surface area contributed by atoms with Crippen molar-refractivity contribution < 1.29 is 4.79 Å². The number of carbonyl (C=O) groups is 1. The van der Waals surface area contributed by atoms with Crippen molar-refractivity contribution in [3.8, 4) is 0 Å². The van der Waals surface area contributed by atoms with E-state index in [9.17, 15) is 4.79 Å². The van der Waals surface area contributed by atoms with Crippen LogP contribution in [0.3, 0.4) is 0 Å². The Balaban J connectivity index is 2.80. The van der Waals surface area contributed by atoms with Gasteiger partial charge in [-0.05, 0) is 30.5 Å². The second-order valence-electron chi connectivity index (χ2n) is 4.12. The topological polar surface area (TPSA) is 20.3 Å². The van der Waals surface area contributed by atoms with Crippen molar-refractivity contribution in [1.29, 1.82) is 0 Å². The first kappa shape index (κ1) is 13.5. The maximum atomic E-state index is 12.2. The highest BCUT2D eigenvalue weighted by atomic mass is 16.2. The van der Waals surface area contributed by atoms with Crippen LogP contribution >= 0.6 is 0 Å². The first-order chi connectivity index (χ1) is 8.22. The van der Waals surface area contributed by atoms with Gasteiger partial charge < -0.3 is 4.90 Å². The highest BCUT2D eigenvalue weighted by Crippen LogP contribution is 2.09. The van der Waals surface area contributed by atoms with E-state index in [2.05, 4.69) is 20.4 Å². The Kier molecular flexibility index (Phi) is 5.47. The van der Waals surface area contributed by atoms with Crippen LogP contribution in [0, 0.1) is 0 Å². The molecule has 0 heterocycles. The maximum absolute atomic E-state index is 12.2. The molecule has 1 aromatic carbocycles. The highest BCUT2D eigenvalue weighted by Gasteiger charge is 2.13.